The second-order valence-electron chi connectivity index (χ2n) is 5.96. The molecule has 2 saturated carbocycles. The van der Waals surface area contributed by atoms with Crippen LogP contribution in [0.3, 0.4) is 0 Å². The maximum atomic E-state index is 11.8. The van der Waals surface area contributed by atoms with Crippen molar-refractivity contribution in [3.63, 3.8) is 0 Å². The molecule has 0 N–H and O–H groups in total. The van der Waals surface area contributed by atoms with Crippen molar-refractivity contribution in [3.05, 3.63) is 23.3 Å². The molecule has 0 bridgehead atoms. The predicted molar refractivity (Wildman–Crippen MR) is 60.0 cm³/mol. The van der Waals surface area contributed by atoms with Crippen molar-refractivity contribution < 1.29 is 9.53 Å². The van der Waals surface area contributed by atoms with Crippen LogP contribution in [0.1, 0.15) is 39.5 Å². The van der Waals surface area contributed by atoms with E-state index >= 15 is 0 Å². The lowest BCUT2D eigenvalue weighted by Crippen LogP contribution is -2.63. The predicted octanol–water partition coefficient (Wildman–Crippen LogP) is 2.54. The van der Waals surface area contributed by atoms with Crippen molar-refractivity contribution in [3.8, 4) is 0 Å². The molecule has 16 heavy (non-hydrogen) atoms. The Bertz CT molecular complexity index is 451. The SMILES string of the molecule is CC1=CC2(C=C(C)C1=O)OC1(CC1)C21CC1. The van der Waals surface area contributed by atoms with Crippen LogP contribution >= 0.6 is 0 Å². The zero-order chi connectivity index (χ0) is 11.2. The van der Waals surface area contributed by atoms with Crippen molar-refractivity contribution in [2.45, 2.75) is 50.7 Å². The monoisotopic (exact) mass is 216 g/mol. The molecular formula is C14H16O2. The summed E-state index contributed by atoms with van der Waals surface area (Å²) in [4.78, 5) is 11.8. The van der Waals surface area contributed by atoms with Crippen LogP contribution in [0.15, 0.2) is 23.3 Å². The fraction of sp³-hybridized carbons (Fsp3) is 0.643. The van der Waals surface area contributed by atoms with E-state index in [2.05, 4.69) is 12.2 Å². The third-order valence-corrected chi connectivity index (χ3v) is 5.02. The summed E-state index contributed by atoms with van der Waals surface area (Å²) < 4.78 is 6.23. The second-order valence-corrected chi connectivity index (χ2v) is 5.96. The van der Waals surface area contributed by atoms with Crippen LogP contribution in [0.4, 0.5) is 0 Å². The normalized spacial score (nSPS) is 34.8. The van der Waals surface area contributed by atoms with Gasteiger partial charge in [-0.15, -0.1) is 0 Å². The van der Waals surface area contributed by atoms with Gasteiger partial charge in [0.2, 0.25) is 0 Å². The number of ether oxygens (including phenoxy) is 1. The molecule has 1 saturated heterocycles. The van der Waals surface area contributed by atoms with E-state index in [1.807, 2.05) is 13.8 Å². The summed E-state index contributed by atoms with van der Waals surface area (Å²) in [5, 5.41) is 0. The Hall–Kier alpha value is -0.890. The van der Waals surface area contributed by atoms with Crippen LogP contribution in [0.25, 0.3) is 0 Å². The van der Waals surface area contributed by atoms with Crippen molar-refractivity contribution in [2.75, 3.05) is 0 Å². The van der Waals surface area contributed by atoms with Crippen LogP contribution in [-0.4, -0.2) is 17.0 Å². The Balaban J connectivity index is 1.82. The van der Waals surface area contributed by atoms with E-state index in [0.29, 0.717) is 5.41 Å². The second kappa shape index (κ2) is 2.21. The first-order valence-electron chi connectivity index (χ1n) is 6.18. The van der Waals surface area contributed by atoms with E-state index in [1.165, 1.54) is 25.7 Å². The largest absolute Gasteiger partial charge is 0.359 e. The minimum absolute atomic E-state index is 0.182. The highest BCUT2D eigenvalue weighted by Gasteiger charge is 2.83. The van der Waals surface area contributed by atoms with Crippen molar-refractivity contribution in [1.29, 1.82) is 0 Å². The Morgan fingerprint density at radius 1 is 1.06 bits per heavy atom. The van der Waals surface area contributed by atoms with Gasteiger partial charge in [-0.3, -0.25) is 4.79 Å². The molecular weight excluding hydrogens is 200 g/mol. The van der Waals surface area contributed by atoms with E-state index in [1.54, 1.807) is 0 Å². The fourth-order valence-corrected chi connectivity index (χ4v) is 3.96. The van der Waals surface area contributed by atoms with Gasteiger partial charge in [0.15, 0.2) is 5.78 Å². The lowest BCUT2D eigenvalue weighted by Gasteiger charge is -2.56. The van der Waals surface area contributed by atoms with Crippen LogP contribution in [0.5, 0.6) is 0 Å². The van der Waals surface area contributed by atoms with Gasteiger partial charge in [0.05, 0.1) is 5.60 Å². The first-order valence-corrected chi connectivity index (χ1v) is 6.18. The van der Waals surface area contributed by atoms with Crippen LogP contribution < -0.4 is 0 Å². The maximum absolute atomic E-state index is 11.8. The average Bonchev–Trinajstić information content (AvgIpc) is 3.05. The molecule has 0 aromatic heterocycles. The maximum Gasteiger partial charge on any atom is 0.184 e. The molecule has 3 fully saturated rings. The summed E-state index contributed by atoms with van der Waals surface area (Å²) in [6, 6.07) is 0. The van der Waals surface area contributed by atoms with E-state index < -0.39 is 0 Å². The number of hydrogen-bond donors (Lipinski definition) is 0. The Morgan fingerprint density at radius 2 is 1.62 bits per heavy atom. The van der Waals surface area contributed by atoms with E-state index in [4.69, 9.17) is 4.74 Å². The zero-order valence-corrected chi connectivity index (χ0v) is 9.80. The molecule has 1 heterocycles. The highest BCUT2D eigenvalue weighted by Crippen LogP contribution is 2.81. The van der Waals surface area contributed by atoms with Crippen molar-refractivity contribution in [1.82, 2.24) is 0 Å². The molecule has 2 heteroatoms. The van der Waals surface area contributed by atoms with Crippen molar-refractivity contribution >= 4 is 5.78 Å². The molecule has 3 aliphatic carbocycles. The summed E-state index contributed by atoms with van der Waals surface area (Å²) in [6.07, 6.45) is 9.16. The molecule has 0 radical (unpaired) electrons. The van der Waals surface area contributed by atoms with Crippen LogP contribution in [0, 0.1) is 5.41 Å². The van der Waals surface area contributed by atoms with Gasteiger partial charge >= 0.3 is 0 Å². The molecule has 2 nitrogen and oxygen atoms in total. The molecule has 0 unspecified atom stereocenters. The standard InChI is InChI=1S/C14H16O2/c1-9-7-14(8-10(2)11(9)15)12(3-4-12)13(16-14)5-6-13/h7-8H,3-6H2,1-2H3. The van der Waals surface area contributed by atoms with Crippen LogP contribution in [0.2, 0.25) is 0 Å². The first kappa shape index (κ1) is 9.17. The van der Waals surface area contributed by atoms with Gasteiger partial charge in [0.25, 0.3) is 0 Å². The van der Waals surface area contributed by atoms with Gasteiger partial charge in [0.1, 0.15) is 5.60 Å². The smallest absolute Gasteiger partial charge is 0.184 e. The quantitative estimate of drug-likeness (QED) is 0.622. The molecule has 4 aliphatic rings. The number of ketones is 1. The summed E-state index contributed by atoms with van der Waals surface area (Å²) in [7, 11) is 0. The van der Waals surface area contributed by atoms with Gasteiger partial charge in [-0.25, -0.2) is 0 Å². The summed E-state index contributed by atoms with van der Waals surface area (Å²) >= 11 is 0. The van der Waals surface area contributed by atoms with E-state index in [-0.39, 0.29) is 17.0 Å². The molecule has 1 aliphatic heterocycles. The number of hydrogen-bond acceptors (Lipinski definition) is 2. The number of Topliss-reactive ketones (excluding diaryl/α,β-unsaturated/α-hetero) is 1. The highest BCUT2D eigenvalue weighted by atomic mass is 16.6. The van der Waals surface area contributed by atoms with Gasteiger partial charge in [-0.2, -0.15) is 0 Å². The van der Waals surface area contributed by atoms with Gasteiger partial charge in [-0.05, 0) is 62.8 Å². The number of carbonyl (C=O) groups is 1. The topological polar surface area (TPSA) is 26.3 Å². The summed E-state index contributed by atoms with van der Waals surface area (Å²) in [6.45, 7) is 3.83. The minimum Gasteiger partial charge on any atom is -0.359 e. The zero-order valence-electron chi connectivity index (χ0n) is 9.80. The third-order valence-electron chi connectivity index (χ3n) is 5.02. The number of rotatable bonds is 0. The molecule has 0 aromatic carbocycles. The number of allylic oxidation sites excluding steroid dienone is 2. The lowest BCUT2D eigenvalue weighted by molar-refractivity contribution is -0.246. The minimum atomic E-state index is -0.217. The lowest BCUT2D eigenvalue weighted by atomic mass is 9.67. The molecule has 84 valence electrons. The molecule has 0 atom stereocenters. The van der Waals surface area contributed by atoms with Gasteiger partial charge in [-0.1, -0.05) is 0 Å². The summed E-state index contributed by atoms with van der Waals surface area (Å²) in [5.41, 5.74) is 2.08. The number of carbonyl (C=O) groups excluding carboxylic acids is 1. The Labute approximate surface area is 95.4 Å². The summed E-state index contributed by atoms with van der Waals surface area (Å²) in [5.74, 6) is 0.182. The number of fused-ring (bicyclic) bond motifs is 2. The Kier molecular flexibility index (Phi) is 1.27. The van der Waals surface area contributed by atoms with E-state index in [9.17, 15) is 4.79 Å². The first-order chi connectivity index (χ1) is 7.54. The highest BCUT2D eigenvalue weighted by molar-refractivity contribution is 6.09. The van der Waals surface area contributed by atoms with E-state index in [0.717, 1.165) is 11.1 Å². The molecule has 4 rings (SSSR count). The molecule has 0 amide bonds. The van der Waals surface area contributed by atoms with Gasteiger partial charge < -0.3 is 4.74 Å². The fourth-order valence-electron chi connectivity index (χ4n) is 3.96. The Morgan fingerprint density at radius 3 is 2.06 bits per heavy atom. The van der Waals surface area contributed by atoms with Crippen LogP contribution in [-0.2, 0) is 9.53 Å². The van der Waals surface area contributed by atoms with Gasteiger partial charge in [0, 0.05) is 5.41 Å². The van der Waals surface area contributed by atoms with Crippen molar-refractivity contribution in [2.24, 2.45) is 5.41 Å². The third kappa shape index (κ3) is 0.736. The molecule has 3 spiro atoms. The average molecular weight is 216 g/mol. The molecule has 0 aromatic rings.